The van der Waals surface area contributed by atoms with Gasteiger partial charge in [0.15, 0.2) is 0 Å². The van der Waals surface area contributed by atoms with Crippen molar-refractivity contribution in [2.75, 3.05) is 11.4 Å². The van der Waals surface area contributed by atoms with Crippen molar-refractivity contribution in [2.24, 2.45) is 5.92 Å². The summed E-state index contributed by atoms with van der Waals surface area (Å²) in [5.41, 5.74) is 3.16. The molecular weight excluding hydrogens is 276 g/mol. The molecule has 3 rings (SSSR count). The van der Waals surface area contributed by atoms with Crippen molar-refractivity contribution in [3.8, 4) is 0 Å². The van der Waals surface area contributed by atoms with Crippen LogP contribution in [0.4, 0.5) is 5.69 Å². The van der Waals surface area contributed by atoms with Crippen LogP contribution >= 0.6 is 0 Å². The molecule has 1 heterocycles. The molecule has 1 saturated carbocycles. The van der Waals surface area contributed by atoms with E-state index in [0.29, 0.717) is 19.0 Å². The highest BCUT2D eigenvalue weighted by molar-refractivity contribution is 6.00. The van der Waals surface area contributed by atoms with Crippen molar-refractivity contribution >= 4 is 17.5 Å². The molecule has 0 spiro atoms. The van der Waals surface area contributed by atoms with Gasteiger partial charge >= 0.3 is 0 Å². The van der Waals surface area contributed by atoms with Crippen molar-refractivity contribution in [1.82, 2.24) is 5.32 Å². The number of amides is 2. The smallest absolute Gasteiger partial charge is 0.227 e. The van der Waals surface area contributed by atoms with Gasteiger partial charge in [-0.05, 0) is 43.9 Å². The second-order valence-corrected chi connectivity index (χ2v) is 6.69. The molecule has 2 fully saturated rings. The third-order valence-corrected chi connectivity index (χ3v) is 4.85. The molecule has 0 unspecified atom stereocenters. The lowest BCUT2D eigenvalue weighted by molar-refractivity contribution is -0.126. The van der Waals surface area contributed by atoms with Crippen LogP contribution in [0.2, 0.25) is 0 Å². The fourth-order valence-electron chi connectivity index (χ4n) is 3.52. The molecule has 1 N–H and O–H groups in total. The predicted molar refractivity (Wildman–Crippen MR) is 86.8 cm³/mol. The molecule has 2 aliphatic rings. The third-order valence-electron chi connectivity index (χ3n) is 4.85. The molecule has 4 heteroatoms. The lowest BCUT2D eigenvalue weighted by Crippen LogP contribution is -2.38. The minimum atomic E-state index is -0.215. The summed E-state index contributed by atoms with van der Waals surface area (Å²) in [6.45, 7) is 4.53. The Bertz CT molecular complexity index is 591. The molecule has 1 aromatic carbocycles. The number of hydrogen-bond acceptors (Lipinski definition) is 2. The Hall–Kier alpha value is -1.84. The molecule has 0 radical (unpaired) electrons. The first-order valence-electron chi connectivity index (χ1n) is 8.22. The van der Waals surface area contributed by atoms with Crippen LogP contribution in [0.25, 0.3) is 0 Å². The first-order valence-corrected chi connectivity index (χ1v) is 8.22. The second-order valence-electron chi connectivity index (χ2n) is 6.69. The van der Waals surface area contributed by atoms with E-state index in [1.54, 1.807) is 4.90 Å². The van der Waals surface area contributed by atoms with Crippen LogP contribution in [0.1, 0.15) is 43.2 Å². The number of hydrogen-bond donors (Lipinski definition) is 1. The minimum Gasteiger partial charge on any atom is -0.353 e. The fraction of sp³-hybridized carbons (Fsp3) is 0.556. The average Bonchev–Trinajstić information content (AvgIpc) is 3.11. The Morgan fingerprint density at radius 3 is 2.68 bits per heavy atom. The van der Waals surface area contributed by atoms with Crippen LogP contribution in [0.3, 0.4) is 0 Å². The molecule has 4 nitrogen and oxygen atoms in total. The van der Waals surface area contributed by atoms with Gasteiger partial charge in [0.2, 0.25) is 11.8 Å². The normalized spacial score (nSPS) is 22.4. The van der Waals surface area contributed by atoms with E-state index in [0.717, 1.165) is 29.7 Å². The molecule has 0 bridgehead atoms. The summed E-state index contributed by atoms with van der Waals surface area (Å²) in [5.74, 6) is -0.110. The van der Waals surface area contributed by atoms with Crippen molar-refractivity contribution in [2.45, 2.75) is 52.0 Å². The maximum Gasteiger partial charge on any atom is 0.227 e. The van der Waals surface area contributed by atoms with E-state index < -0.39 is 0 Å². The molecule has 118 valence electrons. The molecule has 1 atom stereocenters. The van der Waals surface area contributed by atoms with Gasteiger partial charge < -0.3 is 10.2 Å². The van der Waals surface area contributed by atoms with Gasteiger partial charge in [-0.2, -0.15) is 0 Å². The van der Waals surface area contributed by atoms with Gasteiger partial charge in [0.05, 0.1) is 5.92 Å². The lowest BCUT2D eigenvalue weighted by Gasteiger charge is -2.20. The third kappa shape index (κ3) is 3.01. The lowest BCUT2D eigenvalue weighted by atomic mass is 10.1. The summed E-state index contributed by atoms with van der Waals surface area (Å²) in [5, 5.41) is 3.12. The number of nitrogens with one attached hydrogen (secondary N) is 1. The van der Waals surface area contributed by atoms with Gasteiger partial charge in [-0.15, -0.1) is 0 Å². The quantitative estimate of drug-likeness (QED) is 0.933. The van der Waals surface area contributed by atoms with Gasteiger partial charge in [-0.1, -0.05) is 25.0 Å². The van der Waals surface area contributed by atoms with E-state index in [9.17, 15) is 9.59 Å². The van der Waals surface area contributed by atoms with Gasteiger partial charge in [-0.3, -0.25) is 9.59 Å². The summed E-state index contributed by atoms with van der Waals surface area (Å²) in [4.78, 5) is 26.5. The Balaban J connectivity index is 1.70. The van der Waals surface area contributed by atoms with E-state index in [2.05, 4.69) is 5.32 Å². The summed E-state index contributed by atoms with van der Waals surface area (Å²) in [6, 6.07) is 6.43. The van der Waals surface area contributed by atoms with Crippen LogP contribution in [0.5, 0.6) is 0 Å². The molecule has 2 amide bonds. The molecular formula is C18H24N2O2. The fourth-order valence-corrected chi connectivity index (χ4v) is 3.52. The summed E-state index contributed by atoms with van der Waals surface area (Å²) < 4.78 is 0. The standard InChI is InChI=1S/C18H24N2O2/c1-12-7-8-13(2)16(9-12)20-11-14(10-17(20)21)18(22)19-15-5-3-4-6-15/h7-9,14-15H,3-6,10-11H2,1-2H3,(H,19,22)/t14-/m0/s1. The van der Waals surface area contributed by atoms with Crippen LogP contribution in [0.15, 0.2) is 18.2 Å². The Kier molecular flexibility index (Phi) is 4.19. The van der Waals surface area contributed by atoms with Crippen molar-refractivity contribution in [3.63, 3.8) is 0 Å². The van der Waals surface area contributed by atoms with Gasteiger partial charge in [0.1, 0.15) is 0 Å². The first-order chi connectivity index (χ1) is 10.5. The van der Waals surface area contributed by atoms with Crippen LogP contribution in [-0.4, -0.2) is 24.4 Å². The maximum absolute atomic E-state index is 12.4. The zero-order chi connectivity index (χ0) is 15.7. The number of aryl methyl sites for hydroxylation is 2. The molecule has 1 saturated heterocycles. The average molecular weight is 300 g/mol. The van der Waals surface area contributed by atoms with E-state index in [-0.39, 0.29) is 17.7 Å². The number of carbonyl (C=O) groups excluding carboxylic acids is 2. The van der Waals surface area contributed by atoms with Crippen molar-refractivity contribution in [1.29, 1.82) is 0 Å². The Morgan fingerprint density at radius 2 is 1.95 bits per heavy atom. The molecule has 22 heavy (non-hydrogen) atoms. The summed E-state index contributed by atoms with van der Waals surface area (Å²) in [7, 11) is 0. The zero-order valence-electron chi connectivity index (χ0n) is 13.4. The topological polar surface area (TPSA) is 49.4 Å². The second kappa shape index (κ2) is 6.11. The van der Waals surface area contributed by atoms with Gasteiger partial charge in [0.25, 0.3) is 0 Å². The van der Waals surface area contributed by atoms with E-state index in [1.165, 1.54) is 12.8 Å². The summed E-state index contributed by atoms with van der Waals surface area (Å²) in [6.07, 6.45) is 4.87. The minimum absolute atomic E-state index is 0.0491. The number of nitrogens with zero attached hydrogens (tertiary/aromatic N) is 1. The number of benzene rings is 1. The van der Waals surface area contributed by atoms with Crippen molar-refractivity contribution < 1.29 is 9.59 Å². The van der Waals surface area contributed by atoms with Crippen LogP contribution < -0.4 is 10.2 Å². The molecule has 0 aromatic heterocycles. The maximum atomic E-state index is 12.4. The molecule has 1 aromatic rings. The highest BCUT2D eigenvalue weighted by Gasteiger charge is 2.36. The number of carbonyl (C=O) groups is 2. The largest absolute Gasteiger partial charge is 0.353 e. The Morgan fingerprint density at radius 1 is 1.23 bits per heavy atom. The van der Waals surface area contributed by atoms with E-state index in [1.807, 2.05) is 32.0 Å². The monoisotopic (exact) mass is 300 g/mol. The van der Waals surface area contributed by atoms with E-state index >= 15 is 0 Å². The highest BCUT2D eigenvalue weighted by atomic mass is 16.2. The number of rotatable bonds is 3. The van der Waals surface area contributed by atoms with Crippen LogP contribution in [0, 0.1) is 19.8 Å². The molecule has 1 aliphatic heterocycles. The van der Waals surface area contributed by atoms with Gasteiger partial charge in [-0.25, -0.2) is 0 Å². The van der Waals surface area contributed by atoms with Crippen LogP contribution in [-0.2, 0) is 9.59 Å². The van der Waals surface area contributed by atoms with Gasteiger partial charge in [0, 0.05) is 24.7 Å². The highest BCUT2D eigenvalue weighted by Crippen LogP contribution is 2.29. The summed E-state index contributed by atoms with van der Waals surface area (Å²) >= 11 is 0. The predicted octanol–water partition coefficient (Wildman–Crippen LogP) is 2.72. The zero-order valence-corrected chi connectivity index (χ0v) is 13.4. The Labute approximate surface area is 131 Å². The van der Waals surface area contributed by atoms with E-state index in [4.69, 9.17) is 0 Å². The molecule has 1 aliphatic carbocycles. The van der Waals surface area contributed by atoms with Crippen molar-refractivity contribution in [3.05, 3.63) is 29.3 Å². The first kappa shape index (κ1) is 15.1. The number of anilines is 1. The SMILES string of the molecule is Cc1ccc(C)c(N2C[C@@H](C(=O)NC3CCCC3)CC2=O)c1.